The lowest BCUT2D eigenvalue weighted by molar-refractivity contribution is 0.613. The molecular formula is C18H14FN5. The van der Waals surface area contributed by atoms with Crippen molar-refractivity contribution in [1.82, 2.24) is 9.97 Å². The van der Waals surface area contributed by atoms with E-state index >= 15 is 0 Å². The number of nitrogens with one attached hydrogen (secondary N) is 2. The molecule has 3 aromatic rings. The molecule has 2 aromatic carbocycles. The van der Waals surface area contributed by atoms with Crippen molar-refractivity contribution in [2.75, 3.05) is 10.6 Å². The number of anilines is 3. The Labute approximate surface area is 138 Å². The predicted octanol–water partition coefficient (Wildman–Crippen LogP) is 3.84. The Morgan fingerprint density at radius 2 is 1.83 bits per heavy atom. The lowest BCUT2D eigenvalue weighted by Crippen LogP contribution is -2.04. The zero-order valence-corrected chi connectivity index (χ0v) is 12.7. The molecule has 0 radical (unpaired) electrons. The van der Waals surface area contributed by atoms with Gasteiger partial charge in [0.2, 0.25) is 0 Å². The second-order valence-corrected chi connectivity index (χ2v) is 5.05. The molecule has 0 fully saturated rings. The lowest BCUT2D eigenvalue weighted by atomic mass is 10.2. The van der Waals surface area contributed by atoms with Gasteiger partial charge in [0.05, 0.1) is 11.6 Å². The summed E-state index contributed by atoms with van der Waals surface area (Å²) in [7, 11) is 0. The second-order valence-electron chi connectivity index (χ2n) is 5.05. The monoisotopic (exact) mass is 319 g/mol. The Hall–Kier alpha value is -3.46. The molecule has 24 heavy (non-hydrogen) atoms. The summed E-state index contributed by atoms with van der Waals surface area (Å²) in [5.74, 6) is 0.897. The number of nitrogens with zero attached hydrogens (tertiary/aromatic N) is 3. The first-order valence-electron chi connectivity index (χ1n) is 7.31. The summed E-state index contributed by atoms with van der Waals surface area (Å²) in [4.78, 5) is 8.27. The SMILES string of the molecule is N#Cc1cccc(Nc2cc(NCc3ccccc3F)ncn2)c1. The van der Waals surface area contributed by atoms with Gasteiger partial charge in [-0.3, -0.25) is 0 Å². The minimum Gasteiger partial charge on any atom is -0.366 e. The maximum atomic E-state index is 13.6. The molecule has 0 bridgehead atoms. The van der Waals surface area contributed by atoms with Crippen molar-refractivity contribution in [3.05, 3.63) is 77.9 Å². The third-order valence-electron chi connectivity index (χ3n) is 3.35. The van der Waals surface area contributed by atoms with Gasteiger partial charge in [0.15, 0.2) is 0 Å². The first-order chi connectivity index (χ1) is 11.7. The molecule has 0 aliphatic carbocycles. The van der Waals surface area contributed by atoms with Crippen LogP contribution in [0.15, 0.2) is 60.9 Å². The van der Waals surface area contributed by atoms with E-state index < -0.39 is 0 Å². The minimum absolute atomic E-state index is 0.259. The summed E-state index contributed by atoms with van der Waals surface area (Å²) >= 11 is 0. The van der Waals surface area contributed by atoms with Gasteiger partial charge in [0.25, 0.3) is 0 Å². The van der Waals surface area contributed by atoms with Gasteiger partial charge in [-0.25, -0.2) is 14.4 Å². The van der Waals surface area contributed by atoms with Crippen LogP contribution in [-0.2, 0) is 6.54 Å². The van der Waals surface area contributed by atoms with Gasteiger partial charge in [-0.05, 0) is 24.3 Å². The molecule has 3 rings (SSSR count). The fraction of sp³-hybridized carbons (Fsp3) is 0.0556. The van der Waals surface area contributed by atoms with Crippen molar-refractivity contribution in [3.63, 3.8) is 0 Å². The van der Waals surface area contributed by atoms with Crippen LogP contribution in [0.25, 0.3) is 0 Å². The number of hydrogen-bond donors (Lipinski definition) is 2. The third kappa shape index (κ3) is 3.84. The van der Waals surface area contributed by atoms with Crippen molar-refractivity contribution in [2.24, 2.45) is 0 Å². The van der Waals surface area contributed by atoms with E-state index in [9.17, 15) is 4.39 Å². The van der Waals surface area contributed by atoms with Crippen LogP contribution in [0.2, 0.25) is 0 Å². The van der Waals surface area contributed by atoms with E-state index in [1.54, 1.807) is 42.5 Å². The van der Waals surface area contributed by atoms with Crippen LogP contribution in [0.5, 0.6) is 0 Å². The zero-order chi connectivity index (χ0) is 16.8. The third-order valence-corrected chi connectivity index (χ3v) is 3.35. The minimum atomic E-state index is -0.259. The molecule has 0 aliphatic rings. The Kier molecular flexibility index (Phi) is 4.63. The van der Waals surface area contributed by atoms with Gasteiger partial charge in [-0.1, -0.05) is 24.3 Å². The molecule has 0 spiro atoms. The van der Waals surface area contributed by atoms with Crippen LogP contribution in [-0.4, -0.2) is 9.97 Å². The summed E-state index contributed by atoms with van der Waals surface area (Å²) in [6, 6.07) is 17.5. The molecule has 2 N–H and O–H groups in total. The standard InChI is InChI=1S/C18H14FN5/c19-16-7-2-1-5-14(16)11-21-17-9-18(23-12-22-17)24-15-6-3-4-13(8-15)10-20/h1-9,12H,11H2,(H2,21,22,23,24). The molecule has 0 saturated heterocycles. The van der Waals surface area contributed by atoms with Gasteiger partial charge < -0.3 is 10.6 Å². The maximum Gasteiger partial charge on any atom is 0.135 e. The van der Waals surface area contributed by atoms with Crippen LogP contribution in [0.3, 0.4) is 0 Å². The van der Waals surface area contributed by atoms with Crippen LogP contribution in [0, 0.1) is 17.1 Å². The highest BCUT2D eigenvalue weighted by Crippen LogP contribution is 2.18. The molecule has 5 nitrogen and oxygen atoms in total. The molecule has 1 heterocycles. The number of aromatic nitrogens is 2. The van der Waals surface area contributed by atoms with Crippen molar-refractivity contribution < 1.29 is 4.39 Å². The van der Waals surface area contributed by atoms with E-state index in [-0.39, 0.29) is 5.82 Å². The lowest BCUT2D eigenvalue weighted by Gasteiger charge is -2.09. The average Bonchev–Trinajstić information content (AvgIpc) is 2.61. The summed E-state index contributed by atoms with van der Waals surface area (Å²) in [5.41, 5.74) is 1.88. The Morgan fingerprint density at radius 1 is 1.00 bits per heavy atom. The topological polar surface area (TPSA) is 73.6 Å². The van der Waals surface area contributed by atoms with Crippen molar-refractivity contribution in [2.45, 2.75) is 6.54 Å². The van der Waals surface area contributed by atoms with Gasteiger partial charge in [-0.15, -0.1) is 0 Å². The number of nitriles is 1. The Balaban J connectivity index is 1.70. The number of hydrogen-bond acceptors (Lipinski definition) is 5. The second kappa shape index (κ2) is 7.20. The van der Waals surface area contributed by atoms with E-state index in [1.807, 2.05) is 6.07 Å². The molecule has 6 heteroatoms. The highest BCUT2D eigenvalue weighted by Gasteiger charge is 2.03. The van der Waals surface area contributed by atoms with Crippen LogP contribution < -0.4 is 10.6 Å². The fourth-order valence-electron chi connectivity index (χ4n) is 2.16. The first kappa shape index (κ1) is 15.4. The number of benzene rings is 2. The Bertz CT molecular complexity index is 888. The fourth-order valence-corrected chi connectivity index (χ4v) is 2.16. The van der Waals surface area contributed by atoms with Gasteiger partial charge in [0.1, 0.15) is 23.8 Å². The molecule has 0 unspecified atom stereocenters. The smallest absolute Gasteiger partial charge is 0.135 e. The van der Waals surface area contributed by atoms with Crippen molar-refractivity contribution >= 4 is 17.3 Å². The average molecular weight is 319 g/mol. The summed E-state index contributed by atoms with van der Waals surface area (Å²) in [5, 5.41) is 15.1. The van der Waals surface area contributed by atoms with Gasteiger partial charge in [0, 0.05) is 23.9 Å². The predicted molar refractivity (Wildman–Crippen MR) is 90.2 cm³/mol. The summed E-state index contributed by atoms with van der Waals surface area (Å²) in [6.07, 6.45) is 1.42. The zero-order valence-electron chi connectivity index (χ0n) is 12.7. The molecule has 0 aliphatic heterocycles. The highest BCUT2D eigenvalue weighted by atomic mass is 19.1. The summed E-state index contributed by atoms with van der Waals surface area (Å²) < 4.78 is 13.6. The largest absolute Gasteiger partial charge is 0.366 e. The van der Waals surface area contributed by atoms with E-state index in [2.05, 4.69) is 26.7 Å². The van der Waals surface area contributed by atoms with Crippen molar-refractivity contribution in [3.8, 4) is 6.07 Å². The Morgan fingerprint density at radius 3 is 2.67 bits per heavy atom. The first-order valence-corrected chi connectivity index (χ1v) is 7.31. The van der Waals surface area contributed by atoms with E-state index in [4.69, 9.17) is 5.26 Å². The molecule has 0 atom stereocenters. The maximum absolute atomic E-state index is 13.6. The number of rotatable bonds is 5. The highest BCUT2D eigenvalue weighted by molar-refractivity contribution is 5.60. The summed E-state index contributed by atoms with van der Waals surface area (Å²) in [6.45, 7) is 0.326. The quantitative estimate of drug-likeness (QED) is 0.747. The van der Waals surface area contributed by atoms with E-state index in [0.29, 0.717) is 29.3 Å². The number of halogens is 1. The van der Waals surface area contributed by atoms with Gasteiger partial charge >= 0.3 is 0 Å². The molecule has 118 valence electrons. The molecule has 1 aromatic heterocycles. The molecular weight excluding hydrogens is 305 g/mol. The van der Waals surface area contributed by atoms with Crippen LogP contribution >= 0.6 is 0 Å². The molecule has 0 saturated carbocycles. The molecule has 0 amide bonds. The van der Waals surface area contributed by atoms with Crippen LogP contribution in [0.4, 0.5) is 21.7 Å². The van der Waals surface area contributed by atoms with Crippen molar-refractivity contribution in [1.29, 1.82) is 5.26 Å². The normalized spacial score (nSPS) is 10.0. The van der Waals surface area contributed by atoms with E-state index in [0.717, 1.165) is 5.69 Å². The van der Waals surface area contributed by atoms with Crippen LogP contribution in [0.1, 0.15) is 11.1 Å². The van der Waals surface area contributed by atoms with E-state index in [1.165, 1.54) is 12.4 Å². The van der Waals surface area contributed by atoms with Gasteiger partial charge in [-0.2, -0.15) is 5.26 Å².